The average Bonchev–Trinajstić information content (AvgIpc) is 3.78. The molecule has 0 saturated carbocycles. The molecule has 0 radical (unpaired) electrons. The maximum Gasteiger partial charge on any atom is 0.145 e. The van der Waals surface area contributed by atoms with Crippen molar-refractivity contribution in [2.24, 2.45) is 0 Å². The van der Waals surface area contributed by atoms with Crippen LogP contribution in [-0.4, -0.2) is 9.55 Å². The maximum absolute atomic E-state index is 5.10. The molecule has 0 N–H and O–H groups in total. The van der Waals surface area contributed by atoms with Crippen LogP contribution in [0.3, 0.4) is 0 Å². The molecular formula is C51H32N2. The Morgan fingerprint density at radius 2 is 0.906 bits per heavy atom. The van der Waals surface area contributed by atoms with E-state index in [2.05, 4.69) is 199 Å². The second-order valence-corrected chi connectivity index (χ2v) is 13.9. The van der Waals surface area contributed by atoms with E-state index in [0.29, 0.717) is 0 Å². The van der Waals surface area contributed by atoms with Gasteiger partial charge in [0.25, 0.3) is 0 Å². The number of fused-ring (bicyclic) bond motifs is 5. The third-order valence-electron chi connectivity index (χ3n) is 10.9. The van der Waals surface area contributed by atoms with Crippen LogP contribution >= 0.6 is 0 Å². The lowest BCUT2D eigenvalue weighted by Gasteiger charge is -2.21. The Hall–Kier alpha value is -7.03. The first-order valence-electron chi connectivity index (χ1n) is 18.2. The molecule has 9 aromatic carbocycles. The van der Waals surface area contributed by atoms with E-state index in [4.69, 9.17) is 4.98 Å². The van der Waals surface area contributed by atoms with Gasteiger partial charge in [-0.2, -0.15) is 0 Å². The Labute approximate surface area is 307 Å². The van der Waals surface area contributed by atoms with E-state index < -0.39 is 0 Å². The summed E-state index contributed by atoms with van der Waals surface area (Å²) in [7, 11) is 0. The van der Waals surface area contributed by atoms with Gasteiger partial charge in [0, 0.05) is 11.3 Å². The van der Waals surface area contributed by atoms with Crippen LogP contribution in [0, 0.1) is 0 Å². The molecule has 1 aliphatic rings. The Kier molecular flexibility index (Phi) is 6.59. The molecule has 246 valence electrons. The Balaban J connectivity index is 1.10. The first-order chi connectivity index (χ1) is 26.3. The molecule has 0 amide bonds. The molecule has 2 nitrogen and oxygen atoms in total. The molecule has 10 aromatic rings. The van der Waals surface area contributed by atoms with Crippen LogP contribution in [0.25, 0.3) is 105 Å². The van der Waals surface area contributed by atoms with Gasteiger partial charge < -0.3 is 0 Å². The van der Waals surface area contributed by atoms with Crippen LogP contribution in [0.15, 0.2) is 194 Å². The zero-order chi connectivity index (χ0) is 34.9. The number of benzene rings is 9. The second kappa shape index (κ2) is 11.8. The minimum atomic E-state index is 0.937. The molecule has 0 aliphatic heterocycles. The molecule has 53 heavy (non-hydrogen) atoms. The Bertz CT molecular complexity index is 3020. The highest BCUT2D eigenvalue weighted by molar-refractivity contribution is 6.27. The van der Waals surface area contributed by atoms with Crippen LogP contribution in [0.2, 0.25) is 0 Å². The summed E-state index contributed by atoms with van der Waals surface area (Å²) in [6.45, 7) is 0. The average molecular weight is 673 g/mol. The fraction of sp³-hybridized carbons (Fsp3) is 0. The van der Waals surface area contributed by atoms with E-state index >= 15 is 0 Å². The SMILES string of the molecule is c1ccc(-c2c3c(c(-c4cccc(-c5ccc(-c6nc7ccccc7n6-c6ccccc6)cc5)c4)c4ccccc24)-c2cccc4cccc-3c24)cc1. The van der Waals surface area contributed by atoms with Gasteiger partial charge >= 0.3 is 0 Å². The minimum absolute atomic E-state index is 0.937. The molecule has 0 spiro atoms. The van der Waals surface area contributed by atoms with Gasteiger partial charge in [-0.25, -0.2) is 4.98 Å². The van der Waals surface area contributed by atoms with Crippen molar-refractivity contribution in [1.29, 1.82) is 0 Å². The van der Waals surface area contributed by atoms with Crippen molar-refractivity contribution < 1.29 is 0 Å². The first kappa shape index (κ1) is 29.7. The quantitative estimate of drug-likeness (QED) is 0.178. The Morgan fingerprint density at radius 1 is 0.358 bits per heavy atom. The molecule has 0 atom stereocenters. The predicted molar refractivity (Wildman–Crippen MR) is 222 cm³/mol. The lowest BCUT2D eigenvalue weighted by atomic mass is 9.82. The molecule has 1 aliphatic carbocycles. The third-order valence-corrected chi connectivity index (χ3v) is 10.9. The number of aromatic nitrogens is 2. The van der Waals surface area contributed by atoms with Crippen molar-refractivity contribution in [3.05, 3.63) is 194 Å². The fourth-order valence-electron chi connectivity index (χ4n) is 8.66. The first-order valence-corrected chi connectivity index (χ1v) is 18.2. The molecule has 2 heteroatoms. The highest BCUT2D eigenvalue weighted by atomic mass is 15.1. The molecule has 0 saturated heterocycles. The van der Waals surface area contributed by atoms with Gasteiger partial charge in [0.05, 0.1) is 11.0 Å². The number of hydrogen-bond donors (Lipinski definition) is 0. The number of rotatable bonds is 5. The third kappa shape index (κ3) is 4.56. The lowest BCUT2D eigenvalue weighted by molar-refractivity contribution is 1.10. The van der Waals surface area contributed by atoms with E-state index in [0.717, 1.165) is 28.1 Å². The topological polar surface area (TPSA) is 17.8 Å². The van der Waals surface area contributed by atoms with Crippen molar-refractivity contribution in [3.8, 4) is 72.7 Å². The van der Waals surface area contributed by atoms with E-state index in [1.165, 1.54) is 77.2 Å². The summed E-state index contributed by atoms with van der Waals surface area (Å²) < 4.78 is 2.26. The number of nitrogens with zero attached hydrogens (tertiary/aromatic N) is 2. The van der Waals surface area contributed by atoms with Crippen molar-refractivity contribution in [2.45, 2.75) is 0 Å². The summed E-state index contributed by atoms with van der Waals surface area (Å²) in [5.74, 6) is 0.937. The Morgan fingerprint density at radius 3 is 1.62 bits per heavy atom. The van der Waals surface area contributed by atoms with E-state index in [1.807, 2.05) is 0 Å². The van der Waals surface area contributed by atoms with Crippen molar-refractivity contribution >= 4 is 32.6 Å². The maximum atomic E-state index is 5.10. The molecule has 11 rings (SSSR count). The lowest BCUT2D eigenvalue weighted by Crippen LogP contribution is -1.97. The molecular weight excluding hydrogens is 641 g/mol. The van der Waals surface area contributed by atoms with Gasteiger partial charge in [-0.15, -0.1) is 0 Å². The van der Waals surface area contributed by atoms with Crippen LogP contribution in [0.4, 0.5) is 0 Å². The van der Waals surface area contributed by atoms with Gasteiger partial charge in [-0.3, -0.25) is 4.57 Å². The molecule has 1 heterocycles. The molecule has 0 unspecified atom stereocenters. The smallest absolute Gasteiger partial charge is 0.145 e. The molecule has 1 aromatic heterocycles. The summed E-state index contributed by atoms with van der Waals surface area (Å²) in [6.07, 6.45) is 0. The van der Waals surface area contributed by atoms with E-state index in [-0.39, 0.29) is 0 Å². The predicted octanol–water partition coefficient (Wildman–Crippen LogP) is 13.6. The monoisotopic (exact) mass is 672 g/mol. The summed E-state index contributed by atoms with van der Waals surface area (Å²) >= 11 is 0. The van der Waals surface area contributed by atoms with E-state index in [9.17, 15) is 0 Å². The van der Waals surface area contributed by atoms with Crippen LogP contribution in [0.1, 0.15) is 0 Å². The molecule has 0 bridgehead atoms. The number of hydrogen-bond acceptors (Lipinski definition) is 1. The summed E-state index contributed by atoms with van der Waals surface area (Å²) in [5.41, 5.74) is 16.9. The summed E-state index contributed by atoms with van der Waals surface area (Å²) in [5, 5.41) is 5.16. The molecule has 0 fully saturated rings. The number of imidazole rings is 1. The fourth-order valence-corrected chi connectivity index (χ4v) is 8.66. The summed E-state index contributed by atoms with van der Waals surface area (Å²) in [4.78, 5) is 5.10. The normalized spacial score (nSPS) is 11.8. The standard InChI is InChI=1S/C51H32N2/c1-3-14-35(15-4-1)47-40-22-7-8-23-41(40)48(50-43-25-13-17-34-16-12-24-42(46(34)43)49(47)50)38-19-11-18-37(32-38)33-28-30-36(31-29-33)51-52-44-26-9-10-27-45(44)53(51)39-20-5-2-6-21-39/h1-32H. The summed E-state index contributed by atoms with van der Waals surface area (Å²) in [6, 6.07) is 70.3. The zero-order valence-electron chi connectivity index (χ0n) is 28.9. The minimum Gasteiger partial charge on any atom is -0.292 e. The van der Waals surface area contributed by atoms with Crippen molar-refractivity contribution in [1.82, 2.24) is 9.55 Å². The van der Waals surface area contributed by atoms with E-state index in [1.54, 1.807) is 0 Å². The van der Waals surface area contributed by atoms with Crippen LogP contribution < -0.4 is 0 Å². The number of para-hydroxylation sites is 3. The van der Waals surface area contributed by atoms with Crippen molar-refractivity contribution in [3.63, 3.8) is 0 Å². The highest BCUT2D eigenvalue weighted by Gasteiger charge is 2.30. The second-order valence-electron chi connectivity index (χ2n) is 13.9. The van der Waals surface area contributed by atoms with Crippen LogP contribution in [0.5, 0.6) is 0 Å². The van der Waals surface area contributed by atoms with Gasteiger partial charge in [0.2, 0.25) is 0 Å². The zero-order valence-corrected chi connectivity index (χ0v) is 28.9. The van der Waals surface area contributed by atoms with Gasteiger partial charge in [0.1, 0.15) is 5.82 Å². The highest BCUT2D eigenvalue weighted by Crippen LogP contribution is 2.57. The van der Waals surface area contributed by atoms with Gasteiger partial charge in [-0.1, -0.05) is 164 Å². The van der Waals surface area contributed by atoms with Crippen molar-refractivity contribution in [2.75, 3.05) is 0 Å². The van der Waals surface area contributed by atoms with Gasteiger partial charge in [-0.05, 0) is 108 Å². The van der Waals surface area contributed by atoms with Crippen LogP contribution in [-0.2, 0) is 0 Å². The largest absolute Gasteiger partial charge is 0.292 e. The van der Waals surface area contributed by atoms with Gasteiger partial charge in [0.15, 0.2) is 0 Å².